The van der Waals surface area contributed by atoms with Crippen LogP contribution in [-0.2, 0) is 9.59 Å². The molecular formula is C20H39Cl2N5O2. The number of carbonyl (C=O) groups is 2. The third-order valence-electron chi connectivity index (χ3n) is 6.37. The number of amides is 2. The van der Waals surface area contributed by atoms with Crippen LogP contribution in [0.3, 0.4) is 0 Å². The van der Waals surface area contributed by atoms with Crippen LogP contribution in [0, 0.1) is 5.92 Å². The molecule has 2 atom stereocenters. The number of likely N-dealkylation sites (N-methyl/N-ethyl adjacent to an activating group) is 1. The Morgan fingerprint density at radius 1 is 1.00 bits per heavy atom. The molecule has 0 spiro atoms. The first-order chi connectivity index (χ1) is 13.2. The number of piperidine rings is 1. The third kappa shape index (κ3) is 8.21. The average molecular weight is 452 g/mol. The maximum Gasteiger partial charge on any atom is 0.237 e. The van der Waals surface area contributed by atoms with Crippen LogP contribution in [0.25, 0.3) is 0 Å². The van der Waals surface area contributed by atoms with Crippen molar-refractivity contribution in [3.8, 4) is 0 Å². The highest BCUT2D eigenvalue weighted by Gasteiger charge is 2.26. The Labute approximate surface area is 188 Å². The predicted octanol–water partition coefficient (Wildman–Crippen LogP) is 0.964. The van der Waals surface area contributed by atoms with E-state index in [-0.39, 0.29) is 42.7 Å². The lowest BCUT2D eigenvalue weighted by atomic mass is 9.97. The van der Waals surface area contributed by atoms with Crippen LogP contribution in [0.2, 0.25) is 0 Å². The monoisotopic (exact) mass is 451 g/mol. The fourth-order valence-electron chi connectivity index (χ4n) is 4.48. The summed E-state index contributed by atoms with van der Waals surface area (Å²) >= 11 is 0. The minimum atomic E-state index is -0.0144. The summed E-state index contributed by atoms with van der Waals surface area (Å²) in [6.07, 6.45) is 4.78. The lowest BCUT2D eigenvalue weighted by Gasteiger charge is -2.35. The number of likely N-dealkylation sites (tertiary alicyclic amines) is 1. The van der Waals surface area contributed by atoms with E-state index in [9.17, 15) is 9.59 Å². The molecule has 3 aliphatic heterocycles. The lowest BCUT2D eigenvalue weighted by molar-refractivity contribution is -0.133. The standard InChI is InChI=1S/C20H37N5O2.2ClH/c1-2-23-11-13-24(14-12-23)10-7-19(26)25-9-4-5-17(16-25)15-22-20(27)18-6-3-8-21-18;;/h17-18,21H,2-16H2,1H3,(H,22,27);2*1H. The van der Waals surface area contributed by atoms with Crippen LogP contribution in [0.1, 0.15) is 39.0 Å². The fourth-order valence-corrected chi connectivity index (χ4v) is 4.48. The molecule has 2 N–H and O–H groups in total. The first-order valence-corrected chi connectivity index (χ1v) is 10.9. The molecule has 29 heavy (non-hydrogen) atoms. The van der Waals surface area contributed by atoms with Crippen LogP contribution in [-0.4, -0.2) is 98.0 Å². The quantitative estimate of drug-likeness (QED) is 0.603. The minimum Gasteiger partial charge on any atom is -0.354 e. The van der Waals surface area contributed by atoms with E-state index in [2.05, 4.69) is 27.4 Å². The van der Waals surface area contributed by atoms with Crippen LogP contribution in [0.4, 0.5) is 0 Å². The van der Waals surface area contributed by atoms with Crippen molar-refractivity contribution in [1.29, 1.82) is 0 Å². The molecule has 3 saturated heterocycles. The summed E-state index contributed by atoms with van der Waals surface area (Å²) in [6.45, 7) is 11.9. The van der Waals surface area contributed by atoms with E-state index in [4.69, 9.17) is 0 Å². The highest BCUT2D eigenvalue weighted by Crippen LogP contribution is 2.17. The first-order valence-electron chi connectivity index (χ1n) is 10.9. The highest BCUT2D eigenvalue weighted by molar-refractivity contribution is 5.85. The van der Waals surface area contributed by atoms with Gasteiger partial charge in [0.05, 0.1) is 6.04 Å². The van der Waals surface area contributed by atoms with Crippen LogP contribution in [0.15, 0.2) is 0 Å². The number of piperazine rings is 1. The maximum atomic E-state index is 12.6. The normalized spacial score (nSPS) is 25.8. The Morgan fingerprint density at radius 2 is 1.72 bits per heavy atom. The zero-order chi connectivity index (χ0) is 19.1. The number of carbonyl (C=O) groups excluding carboxylic acids is 2. The Balaban J connectivity index is 0.00000210. The van der Waals surface area contributed by atoms with Gasteiger partial charge in [0.15, 0.2) is 0 Å². The second-order valence-corrected chi connectivity index (χ2v) is 8.27. The Bertz CT molecular complexity index is 497. The molecule has 170 valence electrons. The number of hydrogen-bond acceptors (Lipinski definition) is 5. The van der Waals surface area contributed by atoms with Gasteiger partial charge in [-0.25, -0.2) is 0 Å². The highest BCUT2D eigenvalue weighted by atomic mass is 35.5. The molecule has 3 rings (SSSR count). The van der Waals surface area contributed by atoms with Crippen LogP contribution < -0.4 is 10.6 Å². The van der Waals surface area contributed by atoms with Gasteiger partial charge in [-0.3, -0.25) is 9.59 Å². The molecule has 0 bridgehead atoms. The maximum absolute atomic E-state index is 12.6. The smallest absolute Gasteiger partial charge is 0.237 e. The van der Waals surface area contributed by atoms with Crippen molar-refractivity contribution in [2.45, 2.75) is 45.1 Å². The van der Waals surface area contributed by atoms with Gasteiger partial charge in [0.1, 0.15) is 0 Å². The Kier molecular flexibility index (Phi) is 12.4. The number of nitrogens with one attached hydrogen (secondary N) is 2. The summed E-state index contributed by atoms with van der Waals surface area (Å²) in [5.74, 6) is 0.796. The fraction of sp³-hybridized carbons (Fsp3) is 0.900. The molecule has 3 fully saturated rings. The molecular weight excluding hydrogens is 413 g/mol. The van der Waals surface area contributed by atoms with Gasteiger partial charge in [0.2, 0.25) is 11.8 Å². The first kappa shape index (κ1) is 26.4. The molecule has 3 aliphatic rings. The third-order valence-corrected chi connectivity index (χ3v) is 6.37. The van der Waals surface area contributed by atoms with Crippen molar-refractivity contribution in [3.63, 3.8) is 0 Å². The summed E-state index contributed by atoms with van der Waals surface area (Å²) in [5, 5.41) is 6.34. The van der Waals surface area contributed by atoms with Crippen molar-refractivity contribution in [1.82, 2.24) is 25.3 Å². The topological polar surface area (TPSA) is 67.9 Å². The molecule has 7 nitrogen and oxygen atoms in total. The minimum absolute atomic E-state index is 0. The summed E-state index contributed by atoms with van der Waals surface area (Å²) in [4.78, 5) is 31.7. The van der Waals surface area contributed by atoms with E-state index in [1.165, 1.54) is 0 Å². The SMILES string of the molecule is CCN1CCN(CCC(=O)N2CCCC(CNC(=O)C3CCCN3)C2)CC1.Cl.Cl. The van der Waals surface area contributed by atoms with Gasteiger partial charge in [-0.2, -0.15) is 0 Å². The zero-order valence-corrected chi connectivity index (χ0v) is 19.4. The second-order valence-electron chi connectivity index (χ2n) is 8.27. The summed E-state index contributed by atoms with van der Waals surface area (Å²) in [5.41, 5.74) is 0. The van der Waals surface area contributed by atoms with Gasteiger partial charge in [-0.15, -0.1) is 24.8 Å². The molecule has 0 aliphatic carbocycles. The van der Waals surface area contributed by atoms with Gasteiger partial charge in [0, 0.05) is 58.8 Å². The summed E-state index contributed by atoms with van der Waals surface area (Å²) in [6, 6.07) is -0.0144. The average Bonchev–Trinajstić information content (AvgIpc) is 3.26. The largest absolute Gasteiger partial charge is 0.354 e. The van der Waals surface area contributed by atoms with E-state index in [1.54, 1.807) is 0 Å². The molecule has 0 radical (unpaired) electrons. The van der Waals surface area contributed by atoms with Crippen LogP contribution in [0.5, 0.6) is 0 Å². The van der Waals surface area contributed by atoms with E-state index < -0.39 is 0 Å². The molecule has 3 heterocycles. The number of rotatable bonds is 7. The predicted molar refractivity (Wildman–Crippen MR) is 121 cm³/mol. The second kappa shape index (κ2) is 13.7. The van der Waals surface area contributed by atoms with Crippen molar-refractivity contribution >= 4 is 36.6 Å². The molecule has 0 aromatic heterocycles. The van der Waals surface area contributed by atoms with Crippen molar-refractivity contribution in [2.24, 2.45) is 5.92 Å². The molecule has 9 heteroatoms. The Hall–Kier alpha value is -0.600. The summed E-state index contributed by atoms with van der Waals surface area (Å²) < 4.78 is 0. The van der Waals surface area contributed by atoms with Gasteiger partial charge < -0.3 is 25.3 Å². The van der Waals surface area contributed by atoms with Gasteiger partial charge >= 0.3 is 0 Å². The lowest BCUT2D eigenvalue weighted by Crippen LogP contribution is -2.48. The molecule has 0 saturated carbocycles. The van der Waals surface area contributed by atoms with Crippen molar-refractivity contribution in [2.75, 3.05) is 65.4 Å². The van der Waals surface area contributed by atoms with Gasteiger partial charge in [0.25, 0.3) is 0 Å². The number of halogens is 2. The molecule has 0 aromatic carbocycles. The number of nitrogens with zero attached hydrogens (tertiary/aromatic N) is 3. The van der Waals surface area contributed by atoms with Gasteiger partial charge in [-0.05, 0) is 44.7 Å². The molecule has 0 aromatic rings. The van der Waals surface area contributed by atoms with E-state index in [1.807, 2.05) is 4.90 Å². The van der Waals surface area contributed by atoms with E-state index >= 15 is 0 Å². The number of hydrogen-bond donors (Lipinski definition) is 2. The van der Waals surface area contributed by atoms with E-state index in [0.717, 1.165) is 84.6 Å². The van der Waals surface area contributed by atoms with Crippen molar-refractivity contribution in [3.05, 3.63) is 0 Å². The zero-order valence-electron chi connectivity index (χ0n) is 17.7. The van der Waals surface area contributed by atoms with Crippen LogP contribution >= 0.6 is 24.8 Å². The summed E-state index contributed by atoms with van der Waals surface area (Å²) in [7, 11) is 0. The van der Waals surface area contributed by atoms with Crippen molar-refractivity contribution < 1.29 is 9.59 Å². The molecule has 2 amide bonds. The molecule has 2 unspecified atom stereocenters. The van der Waals surface area contributed by atoms with Gasteiger partial charge in [-0.1, -0.05) is 6.92 Å². The van der Waals surface area contributed by atoms with E-state index in [0.29, 0.717) is 18.9 Å². The Morgan fingerprint density at radius 3 is 2.38 bits per heavy atom.